The van der Waals surface area contributed by atoms with E-state index in [1.165, 1.54) is 0 Å². The van der Waals surface area contributed by atoms with Gasteiger partial charge in [0, 0.05) is 6.61 Å². The zero-order chi connectivity index (χ0) is 16.2. The Kier molecular flexibility index (Phi) is 5.40. The van der Waals surface area contributed by atoms with E-state index in [0.29, 0.717) is 18.6 Å². The van der Waals surface area contributed by atoms with Crippen LogP contribution in [0.3, 0.4) is 0 Å². The van der Waals surface area contributed by atoms with Gasteiger partial charge >= 0.3 is 13.6 Å². The van der Waals surface area contributed by atoms with Gasteiger partial charge in [0.15, 0.2) is 5.60 Å². The van der Waals surface area contributed by atoms with Gasteiger partial charge in [0.25, 0.3) is 0 Å². The maximum absolute atomic E-state index is 12.4. The SMILES string of the molecule is CCC(OP(=O)(O)Cc1ccccc1)(C(=O)O)C1CCCO1. The van der Waals surface area contributed by atoms with Crippen molar-refractivity contribution in [2.75, 3.05) is 6.61 Å². The fourth-order valence-electron chi connectivity index (χ4n) is 2.73. The third-order valence-corrected chi connectivity index (χ3v) is 5.24. The second-order valence-electron chi connectivity index (χ2n) is 5.42. The summed E-state index contributed by atoms with van der Waals surface area (Å²) in [5.74, 6) is -1.26. The molecule has 1 fully saturated rings. The van der Waals surface area contributed by atoms with Crippen LogP contribution in [0.25, 0.3) is 0 Å². The van der Waals surface area contributed by atoms with Gasteiger partial charge in [-0.2, -0.15) is 0 Å². The lowest BCUT2D eigenvalue weighted by Gasteiger charge is -2.34. The molecule has 1 saturated heterocycles. The van der Waals surface area contributed by atoms with Crippen LogP contribution in [0.15, 0.2) is 30.3 Å². The molecule has 0 spiro atoms. The molecule has 1 aromatic carbocycles. The van der Waals surface area contributed by atoms with Crippen LogP contribution in [-0.2, 0) is 24.8 Å². The van der Waals surface area contributed by atoms with E-state index in [4.69, 9.17) is 9.26 Å². The fraction of sp³-hybridized carbons (Fsp3) is 0.533. The van der Waals surface area contributed by atoms with Crippen molar-refractivity contribution in [2.24, 2.45) is 0 Å². The van der Waals surface area contributed by atoms with Crippen molar-refractivity contribution in [3.05, 3.63) is 35.9 Å². The predicted molar refractivity (Wildman–Crippen MR) is 80.7 cm³/mol. The Morgan fingerprint density at radius 2 is 2.14 bits per heavy atom. The number of hydrogen-bond donors (Lipinski definition) is 2. The molecule has 3 unspecified atom stereocenters. The zero-order valence-corrected chi connectivity index (χ0v) is 13.4. The molecule has 1 aliphatic heterocycles. The van der Waals surface area contributed by atoms with Crippen LogP contribution in [0.2, 0.25) is 0 Å². The van der Waals surface area contributed by atoms with Crippen molar-refractivity contribution >= 4 is 13.6 Å². The van der Waals surface area contributed by atoms with E-state index < -0.39 is 25.3 Å². The minimum Gasteiger partial charge on any atom is -0.479 e. The lowest BCUT2D eigenvalue weighted by atomic mass is 9.92. The monoisotopic (exact) mass is 328 g/mol. The van der Waals surface area contributed by atoms with E-state index in [-0.39, 0.29) is 12.6 Å². The number of aliphatic carboxylic acids is 1. The Morgan fingerprint density at radius 1 is 1.45 bits per heavy atom. The first-order chi connectivity index (χ1) is 10.4. The second-order valence-corrected chi connectivity index (χ2v) is 7.20. The minimum atomic E-state index is -4.12. The van der Waals surface area contributed by atoms with E-state index in [1.54, 1.807) is 37.3 Å². The van der Waals surface area contributed by atoms with Crippen molar-refractivity contribution < 1.29 is 28.6 Å². The van der Waals surface area contributed by atoms with E-state index in [0.717, 1.165) is 6.42 Å². The fourth-order valence-corrected chi connectivity index (χ4v) is 4.30. The highest BCUT2D eigenvalue weighted by atomic mass is 31.2. The van der Waals surface area contributed by atoms with Gasteiger partial charge in [0.2, 0.25) is 0 Å². The maximum Gasteiger partial charge on any atom is 0.339 e. The summed E-state index contributed by atoms with van der Waals surface area (Å²) in [4.78, 5) is 21.9. The molecule has 0 radical (unpaired) electrons. The van der Waals surface area contributed by atoms with Crippen molar-refractivity contribution in [3.63, 3.8) is 0 Å². The smallest absolute Gasteiger partial charge is 0.339 e. The van der Waals surface area contributed by atoms with E-state index in [1.807, 2.05) is 0 Å². The standard InChI is InChI=1S/C15H21O6P/c1-2-15(14(16)17,13-9-6-10-20-13)21-22(18,19)11-12-7-4-3-5-8-12/h3-5,7-8,13H,2,6,9-11H2,1H3,(H,16,17)(H,18,19). The molecule has 1 aromatic rings. The molecule has 0 bridgehead atoms. The van der Waals surface area contributed by atoms with Gasteiger partial charge < -0.3 is 14.7 Å². The number of carboxylic acids is 1. The summed E-state index contributed by atoms with van der Waals surface area (Å²) in [6.45, 7) is 2.07. The molecule has 0 aliphatic carbocycles. The van der Waals surface area contributed by atoms with E-state index >= 15 is 0 Å². The van der Waals surface area contributed by atoms with Crippen LogP contribution in [0, 0.1) is 0 Å². The van der Waals surface area contributed by atoms with Crippen molar-refractivity contribution in [3.8, 4) is 0 Å². The Hall–Kier alpha value is -1.20. The molecule has 1 aliphatic rings. The molecular formula is C15H21O6P. The molecule has 1 heterocycles. The Bertz CT molecular complexity index is 554. The third kappa shape index (κ3) is 3.76. The van der Waals surface area contributed by atoms with Crippen LogP contribution in [0.4, 0.5) is 0 Å². The number of hydrogen-bond acceptors (Lipinski definition) is 4. The average molecular weight is 328 g/mol. The highest BCUT2D eigenvalue weighted by Gasteiger charge is 2.52. The second kappa shape index (κ2) is 6.92. The summed E-state index contributed by atoms with van der Waals surface area (Å²) in [7, 11) is -4.12. The number of rotatable bonds is 7. The highest BCUT2D eigenvalue weighted by molar-refractivity contribution is 7.52. The lowest BCUT2D eigenvalue weighted by Crippen LogP contribution is -2.50. The van der Waals surface area contributed by atoms with Crippen LogP contribution in [0.1, 0.15) is 31.7 Å². The highest BCUT2D eigenvalue weighted by Crippen LogP contribution is 2.52. The van der Waals surface area contributed by atoms with Crippen LogP contribution >= 0.6 is 7.60 Å². The molecule has 0 saturated carbocycles. The molecule has 2 rings (SSSR count). The predicted octanol–water partition coefficient (Wildman–Crippen LogP) is 2.80. The third-order valence-electron chi connectivity index (χ3n) is 3.87. The van der Waals surface area contributed by atoms with Crippen molar-refractivity contribution in [2.45, 2.75) is 44.1 Å². The van der Waals surface area contributed by atoms with Gasteiger partial charge in [-0.1, -0.05) is 37.3 Å². The number of carbonyl (C=O) groups is 1. The average Bonchev–Trinajstić information content (AvgIpc) is 2.99. The van der Waals surface area contributed by atoms with Crippen LogP contribution in [-0.4, -0.2) is 34.3 Å². The first-order valence-corrected chi connectivity index (χ1v) is 9.07. The topological polar surface area (TPSA) is 93.1 Å². The largest absolute Gasteiger partial charge is 0.479 e. The number of ether oxygens (including phenoxy) is 1. The van der Waals surface area contributed by atoms with Crippen molar-refractivity contribution in [1.82, 2.24) is 0 Å². The van der Waals surface area contributed by atoms with E-state index in [9.17, 15) is 19.4 Å². The summed E-state index contributed by atoms with van der Waals surface area (Å²) in [6, 6.07) is 8.70. The lowest BCUT2D eigenvalue weighted by molar-refractivity contribution is -0.169. The molecule has 2 N–H and O–H groups in total. The summed E-state index contributed by atoms with van der Waals surface area (Å²) < 4.78 is 23.2. The summed E-state index contributed by atoms with van der Waals surface area (Å²) in [5.41, 5.74) is -1.16. The summed E-state index contributed by atoms with van der Waals surface area (Å²) in [6.07, 6.45) is 0.358. The van der Waals surface area contributed by atoms with Gasteiger partial charge in [0.1, 0.15) is 0 Å². The van der Waals surface area contributed by atoms with Crippen LogP contribution in [0.5, 0.6) is 0 Å². The first-order valence-electron chi connectivity index (χ1n) is 7.31. The van der Waals surface area contributed by atoms with Gasteiger partial charge in [-0.3, -0.25) is 9.09 Å². The van der Waals surface area contributed by atoms with Crippen LogP contribution < -0.4 is 0 Å². The minimum absolute atomic E-state index is 0.0618. The maximum atomic E-state index is 12.4. The normalized spacial score (nSPS) is 23.6. The number of carboxylic acid groups (broad SMARTS) is 1. The quantitative estimate of drug-likeness (QED) is 0.748. The molecule has 7 heteroatoms. The number of benzene rings is 1. The summed E-state index contributed by atoms with van der Waals surface area (Å²) in [5, 5.41) is 9.58. The molecule has 3 atom stereocenters. The van der Waals surface area contributed by atoms with Crippen molar-refractivity contribution in [1.29, 1.82) is 0 Å². The first kappa shape index (κ1) is 17.2. The summed E-state index contributed by atoms with van der Waals surface area (Å²) >= 11 is 0. The molecule has 0 amide bonds. The van der Waals surface area contributed by atoms with Gasteiger partial charge in [0.05, 0.1) is 12.3 Å². The Labute approximate surface area is 129 Å². The van der Waals surface area contributed by atoms with Gasteiger partial charge in [-0.05, 0) is 24.8 Å². The molecule has 6 nitrogen and oxygen atoms in total. The van der Waals surface area contributed by atoms with Gasteiger partial charge in [-0.25, -0.2) is 4.79 Å². The molecule has 22 heavy (non-hydrogen) atoms. The Balaban J connectivity index is 2.21. The van der Waals surface area contributed by atoms with E-state index in [2.05, 4.69) is 0 Å². The molecule has 122 valence electrons. The van der Waals surface area contributed by atoms with Gasteiger partial charge in [-0.15, -0.1) is 0 Å². The zero-order valence-electron chi connectivity index (χ0n) is 12.5. The molecule has 0 aromatic heterocycles. The molecular weight excluding hydrogens is 307 g/mol. The Morgan fingerprint density at radius 3 is 2.64 bits per heavy atom.